The summed E-state index contributed by atoms with van der Waals surface area (Å²) in [6.45, 7) is 5.60. The average molecular weight is 412 g/mol. The first-order valence-corrected chi connectivity index (χ1v) is 10.2. The van der Waals surface area contributed by atoms with Crippen LogP contribution in [0, 0.1) is 6.92 Å². The number of carbonyl (C=O) groups is 2. The Bertz CT molecular complexity index is 869. The highest BCUT2D eigenvalue weighted by molar-refractivity contribution is 5.92. The monoisotopic (exact) mass is 411 g/mol. The molecular weight excluding hydrogens is 382 g/mol. The number of para-hydroxylation sites is 2. The number of fused-ring (bicyclic) bond motifs is 1. The summed E-state index contributed by atoms with van der Waals surface area (Å²) < 4.78 is 11.7. The van der Waals surface area contributed by atoms with Gasteiger partial charge in [-0.15, -0.1) is 0 Å². The van der Waals surface area contributed by atoms with E-state index in [9.17, 15) is 9.59 Å². The van der Waals surface area contributed by atoms with Gasteiger partial charge >= 0.3 is 0 Å². The van der Waals surface area contributed by atoms with E-state index in [2.05, 4.69) is 5.32 Å². The van der Waals surface area contributed by atoms with Crippen molar-refractivity contribution in [3.05, 3.63) is 54.1 Å². The van der Waals surface area contributed by atoms with Gasteiger partial charge in [-0.1, -0.05) is 29.8 Å². The normalized spacial score (nSPS) is 15.0. The maximum Gasteiger partial charge on any atom is 0.238 e. The molecule has 1 aliphatic heterocycles. The Morgan fingerprint density at radius 2 is 1.77 bits per heavy atom. The minimum atomic E-state index is -0.223. The van der Waals surface area contributed by atoms with Crippen molar-refractivity contribution in [1.82, 2.24) is 9.80 Å². The summed E-state index contributed by atoms with van der Waals surface area (Å²) in [6, 6.07) is 15.1. The Hall–Kier alpha value is -3.06. The Balaban J connectivity index is 1.47. The molecule has 2 aromatic carbocycles. The summed E-state index contributed by atoms with van der Waals surface area (Å²) in [5, 5.41) is 2.85. The molecule has 0 aliphatic carbocycles. The van der Waals surface area contributed by atoms with Crippen molar-refractivity contribution in [3.8, 4) is 11.5 Å². The lowest BCUT2D eigenvalue weighted by Crippen LogP contribution is -2.47. The van der Waals surface area contributed by atoms with Crippen LogP contribution in [0.5, 0.6) is 11.5 Å². The molecule has 0 fully saturated rings. The number of hydrogen-bond donors (Lipinski definition) is 1. The lowest BCUT2D eigenvalue weighted by molar-refractivity contribution is -0.133. The van der Waals surface area contributed by atoms with E-state index >= 15 is 0 Å². The van der Waals surface area contributed by atoms with Gasteiger partial charge in [0.05, 0.1) is 19.6 Å². The fraction of sp³-hybridized carbons (Fsp3) is 0.391. The third-order valence-corrected chi connectivity index (χ3v) is 4.88. The Morgan fingerprint density at radius 3 is 2.47 bits per heavy atom. The fourth-order valence-corrected chi connectivity index (χ4v) is 3.28. The molecule has 0 aromatic heterocycles. The minimum Gasteiger partial charge on any atom is -0.486 e. The third-order valence-electron chi connectivity index (χ3n) is 4.88. The van der Waals surface area contributed by atoms with Gasteiger partial charge in [0.1, 0.15) is 6.61 Å². The number of nitrogens with zero attached hydrogens (tertiary/aromatic N) is 2. The highest BCUT2D eigenvalue weighted by atomic mass is 16.6. The molecule has 0 unspecified atom stereocenters. The average Bonchev–Trinajstić information content (AvgIpc) is 2.73. The molecule has 1 N–H and O–H groups in total. The number of amides is 2. The smallest absolute Gasteiger partial charge is 0.238 e. The van der Waals surface area contributed by atoms with Gasteiger partial charge in [0.15, 0.2) is 17.6 Å². The number of benzene rings is 2. The summed E-state index contributed by atoms with van der Waals surface area (Å²) in [7, 11) is 1.76. The second-order valence-corrected chi connectivity index (χ2v) is 7.52. The molecule has 7 heteroatoms. The van der Waals surface area contributed by atoms with Gasteiger partial charge in [0.25, 0.3) is 0 Å². The molecule has 0 radical (unpaired) electrons. The Kier molecular flexibility index (Phi) is 7.30. The number of carbonyl (C=O) groups excluding carboxylic acids is 2. The molecule has 0 spiro atoms. The molecule has 30 heavy (non-hydrogen) atoms. The standard InChI is InChI=1S/C23H29N3O4/c1-4-26(13-19-16-29-20-7-5-6-8-21(20)30-19)23(28)15-25(3)14-22(27)24-18-11-9-17(2)10-12-18/h5-12,19H,4,13-16H2,1-3H3,(H,24,27)/t19-/m0/s1. The molecule has 1 heterocycles. The number of ether oxygens (including phenoxy) is 2. The quantitative estimate of drug-likeness (QED) is 0.723. The van der Waals surface area contributed by atoms with Gasteiger partial charge in [0, 0.05) is 12.2 Å². The van der Waals surface area contributed by atoms with E-state index in [4.69, 9.17) is 9.47 Å². The van der Waals surface area contributed by atoms with Crippen LogP contribution in [0.3, 0.4) is 0 Å². The number of hydrogen-bond acceptors (Lipinski definition) is 5. The van der Waals surface area contributed by atoms with Gasteiger partial charge in [-0.25, -0.2) is 0 Å². The molecule has 160 valence electrons. The zero-order chi connectivity index (χ0) is 21.5. The van der Waals surface area contributed by atoms with Gasteiger partial charge in [0.2, 0.25) is 11.8 Å². The van der Waals surface area contributed by atoms with Crippen LogP contribution in [0.4, 0.5) is 5.69 Å². The summed E-state index contributed by atoms with van der Waals surface area (Å²) in [4.78, 5) is 28.4. The zero-order valence-electron chi connectivity index (χ0n) is 17.8. The van der Waals surface area contributed by atoms with Crippen LogP contribution in [0.15, 0.2) is 48.5 Å². The summed E-state index contributed by atoms with van der Waals surface area (Å²) in [5.74, 6) is 1.22. The van der Waals surface area contributed by atoms with Crippen LogP contribution in [-0.4, -0.2) is 67.6 Å². The summed E-state index contributed by atoms with van der Waals surface area (Å²) >= 11 is 0. The molecule has 1 aliphatic rings. The molecule has 1 atom stereocenters. The largest absolute Gasteiger partial charge is 0.486 e. The van der Waals surface area contributed by atoms with Crippen molar-refractivity contribution in [2.75, 3.05) is 45.2 Å². The Morgan fingerprint density at radius 1 is 1.07 bits per heavy atom. The lowest BCUT2D eigenvalue weighted by atomic mass is 10.2. The molecule has 2 amide bonds. The molecule has 7 nitrogen and oxygen atoms in total. The number of aryl methyl sites for hydroxylation is 1. The number of anilines is 1. The molecular formula is C23H29N3O4. The van der Waals surface area contributed by atoms with Crippen molar-refractivity contribution < 1.29 is 19.1 Å². The summed E-state index contributed by atoms with van der Waals surface area (Å²) in [5.41, 5.74) is 1.88. The van der Waals surface area contributed by atoms with Gasteiger partial charge < -0.3 is 19.7 Å². The van der Waals surface area contributed by atoms with E-state index in [0.29, 0.717) is 25.4 Å². The molecule has 2 aromatic rings. The lowest BCUT2D eigenvalue weighted by Gasteiger charge is -2.31. The maximum atomic E-state index is 12.7. The van der Waals surface area contributed by atoms with Crippen molar-refractivity contribution in [2.45, 2.75) is 20.0 Å². The SMILES string of the molecule is CCN(C[C@H]1COc2ccccc2O1)C(=O)CN(C)CC(=O)Nc1ccc(C)cc1. The third kappa shape index (κ3) is 5.97. The first-order valence-electron chi connectivity index (χ1n) is 10.2. The fourth-order valence-electron chi connectivity index (χ4n) is 3.28. The second-order valence-electron chi connectivity index (χ2n) is 7.52. The Labute approximate surface area is 177 Å². The van der Waals surface area contributed by atoms with E-state index < -0.39 is 0 Å². The summed E-state index contributed by atoms with van der Waals surface area (Å²) in [6.07, 6.45) is -0.223. The van der Waals surface area contributed by atoms with Crippen molar-refractivity contribution in [1.29, 1.82) is 0 Å². The van der Waals surface area contributed by atoms with Crippen LogP contribution in [0.1, 0.15) is 12.5 Å². The second kappa shape index (κ2) is 10.1. The van der Waals surface area contributed by atoms with Crippen molar-refractivity contribution in [2.24, 2.45) is 0 Å². The molecule has 3 rings (SSSR count). The van der Waals surface area contributed by atoms with Crippen LogP contribution in [-0.2, 0) is 9.59 Å². The number of rotatable bonds is 8. The first-order chi connectivity index (χ1) is 14.4. The predicted molar refractivity (Wildman–Crippen MR) is 116 cm³/mol. The first kappa shape index (κ1) is 21.6. The van der Waals surface area contributed by atoms with Gasteiger partial charge in [-0.2, -0.15) is 0 Å². The van der Waals surface area contributed by atoms with E-state index in [1.165, 1.54) is 0 Å². The van der Waals surface area contributed by atoms with Gasteiger partial charge in [-0.05, 0) is 45.2 Å². The van der Waals surface area contributed by atoms with E-state index in [0.717, 1.165) is 17.0 Å². The molecule has 0 saturated carbocycles. The number of nitrogens with one attached hydrogen (secondary N) is 1. The van der Waals surface area contributed by atoms with Gasteiger partial charge in [-0.3, -0.25) is 14.5 Å². The van der Waals surface area contributed by atoms with Crippen LogP contribution in [0.25, 0.3) is 0 Å². The van der Waals surface area contributed by atoms with Crippen LogP contribution in [0.2, 0.25) is 0 Å². The molecule has 0 bridgehead atoms. The number of likely N-dealkylation sites (N-methyl/N-ethyl adjacent to an activating group) is 2. The minimum absolute atomic E-state index is 0.0504. The predicted octanol–water partition coefficient (Wildman–Crippen LogP) is 2.55. The van der Waals surface area contributed by atoms with Crippen molar-refractivity contribution >= 4 is 17.5 Å². The van der Waals surface area contributed by atoms with E-state index in [-0.39, 0.29) is 31.0 Å². The zero-order valence-corrected chi connectivity index (χ0v) is 17.8. The topological polar surface area (TPSA) is 71.1 Å². The maximum absolute atomic E-state index is 12.7. The van der Waals surface area contributed by atoms with Crippen LogP contribution < -0.4 is 14.8 Å². The van der Waals surface area contributed by atoms with Crippen molar-refractivity contribution in [3.63, 3.8) is 0 Å². The highest BCUT2D eigenvalue weighted by Gasteiger charge is 2.25. The van der Waals surface area contributed by atoms with Crippen LogP contribution >= 0.6 is 0 Å². The molecule has 0 saturated heterocycles. The van der Waals surface area contributed by atoms with E-state index in [1.807, 2.05) is 62.4 Å². The highest BCUT2D eigenvalue weighted by Crippen LogP contribution is 2.31. The van der Waals surface area contributed by atoms with E-state index in [1.54, 1.807) is 16.8 Å².